The van der Waals surface area contributed by atoms with Crippen LogP contribution in [-0.4, -0.2) is 0 Å². The van der Waals surface area contributed by atoms with Crippen LogP contribution in [0.5, 0.6) is 0 Å². The Kier molecular flexibility index (Phi) is 9.90. The lowest BCUT2D eigenvalue weighted by atomic mass is 9.81. The molecule has 30 rings (SSSR count). The van der Waals surface area contributed by atoms with Gasteiger partial charge in [0.15, 0.2) is 0 Å². The van der Waals surface area contributed by atoms with Crippen LogP contribution in [0.25, 0.3) is 242 Å². The highest BCUT2D eigenvalue weighted by atomic mass is 16.3. The summed E-state index contributed by atoms with van der Waals surface area (Å²) in [5.41, 5.74) is -12.7. The molecule has 24 aromatic carbocycles. The van der Waals surface area contributed by atoms with Crippen LogP contribution in [0.15, 0.2) is 439 Å². The topological polar surface area (TPSA) is 13.1 Å². The van der Waals surface area contributed by atoms with E-state index in [9.17, 15) is 49.3 Å². The molecule has 5 aliphatic rings. The third-order valence-electron chi connectivity index (χ3n) is 29.2. The van der Waals surface area contributed by atoms with Crippen molar-refractivity contribution in [2.75, 3.05) is 0 Å². The number of aryl methyl sites for hydroxylation is 1. The third-order valence-corrected chi connectivity index (χ3v) is 29.2. The lowest BCUT2D eigenvalue weighted by molar-refractivity contribution is 0.660. The zero-order valence-electron chi connectivity index (χ0n) is 152. The van der Waals surface area contributed by atoms with Gasteiger partial charge in [0.1, 0.15) is 11.2 Å². The van der Waals surface area contributed by atoms with Crippen LogP contribution in [-0.2, 0) is 29.1 Å². The highest BCUT2D eigenvalue weighted by Gasteiger charge is 2.41. The molecular formula is C149H112O. The average molecular weight is 1990 g/mol. The maximum absolute atomic E-state index is 10.2. The molecule has 0 fully saturated rings. The first-order chi connectivity index (χ1) is 103. The molecule has 1 heterocycles. The monoisotopic (exact) mass is 1990 g/mol. The lowest BCUT2D eigenvalue weighted by Crippen LogP contribution is -2.15. The molecule has 0 bridgehead atoms. The normalized spacial score (nSPS) is 20.2. The zero-order valence-corrected chi connectivity index (χ0v) is 81.4. The lowest BCUT2D eigenvalue weighted by Gasteiger charge is -2.22. The third kappa shape index (κ3) is 13.8. The number of furan rings is 1. The van der Waals surface area contributed by atoms with E-state index >= 15 is 0 Å². The molecule has 1 heteroatoms. The van der Waals surface area contributed by atoms with Gasteiger partial charge in [0.25, 0.3) is 0 Å². The molecule has 0 saturated heterocycles. The Balaban J connectivity index is 0.000000144. The average Bonchev–Trinajstić information content (AvgIpc) is 1.64. The molecule has 0 atom stereocenters. The molecule has 0 aliphatic heterocycles. The quantitative estimate of drug-likeness (QED) is 0.131. The highest BCUT2D eigenvalue weighted by Crippen LogP contribution is 2.60. The van der Waals surface area contributed by atoms with Crippen LogP contribution in [0.1, 0.15) is 228 Å². The van der Waals surface area contributed by atoms with Crippen LogP contribution in [0.3, 0.4) is 0 Å². The van der Waals surface area contributed by atoms with Gasteiger partial charge in [-0.25, -0.2) is 0 Å². The molecule has 150 heavy (non-hydrogen) atoms. The first-order valence-corrected chi connectivity index (χ1v) is 47.6. The predicted molar refractivity (Wildman–Crippen MR) is 638 cm³/mol. The summed E-state index contributed by atoms with van der Waals surface area (Å²) in [4.78, 5) is 0. The fourth-order valence-corrected chi connectivity index (χ4v) is 21.9. The summed E-state index contributed by atoms with van der Waals surface area (Å²) in [6.45, 7) is 18.8. The fourth-order valence-electron chi connectivity index (χ4n) is 21.9. The summed E-state index contributed by atoms with van der Waals surface area (Å²) in [7, 11) is 0. The van der Waals surface area contributed by atoms with Crippen molar-refractivity contribution < 1.29 is 102 Å². The molecule has 0 unspecified atom stereocenters. The van der Waals surface area contributed by atoms with Crippen molar-refractivity contribution in [3.05, 3.63) is 524 Å². The van der Waals surface area contributed by atoms with Crippen LogP contribution >= 0.6 is 0 Å². The van der Waals surface area contributed by atoms with Crippen LogP contribution < -0.4 is 0 Å². The fraction of sp³-hybridized carbons (Fsp3) is 0.114. The smallest absolute Gasteiger partial charge is 0.138 e. The Morgan fingerprint density at radius 3 is 1.06 bits per heavy atom. The van der Waals surface area contributed by atoms with Gasteiger partial charge in [0, 0.05) is 27.0 Å². The van der Waals surface area contributed by atoms with Crippen LogP contribution in [0, 0.1) is 41.5 Å². The largest absolute Gasteiger partial charge is 0.456 e. The zero-order chi connectivity index (χ0) is 163. The number of hydrogen-bond donors (Lipinski definition) is 0. The van der Waals surface area contributed by atoms with Gasteiger partial charge >= 0.3 is 0 Å². The minimum Gasteiger partial charge on any atom is -0.456 e. The van der Waals surface area contributed by atoms with Crippen molar-refractivity contribution in [1.29, 1.82) is 0 Å². The van der Waals surface area contributed by atoms with Gasteiger partial charge in [0.2, 0.25) is 0 Å². The Bertz CT molecular complexity index is 14600. The molecule has 0 spiro atoms. The minimum atomic E-state index is -1.41. The minimum absolute atomic E-state index is 0.00344. The second kappa shape index (κ2) is 34.4. The molecule has 714 valence electrons. The number of hydrogen-bond acceptors (Lipinski definition) is 1. The van der Waals surface area contributed by atoms with E-state index in [0.29, 0.717) is 16.7 Å². The Hall–Kier alpha value is -17.4. The molecule has 1 nitrogen and oxygen atoms in total. The summed E-state index contributed by atoms with van der Waals surface area (Å²) in [6, 6.07) is -49.6. The van der Waals surface area contributed by atoms with Gasteiger partial charge in [-0.05, 0) is 389 Å². The van der Waals surface area contributed by atoms with Crippen LogP contribution in [0.2, 0.25) is 0 Å². The van der Waals surface area contributed by atoms with Crippen molar-refractivity contribution in [2.24, 2.45) is 0 Å². The van der Waals surface area contributed by atoms with Crippen molar-refractivity contribution in [3.63, 3.8) is 0 Å². The van der Waals surface area contributed by atoms with E-state index in [0.717, 1.165) is 0 Å². The van der Waals surface area contributed by atoms with Gasteiger partial charge in [-0.1, -0.05) is 451 Å². The van der Waals surface area contributed by atoms with E-state index in [1.54, 1.807) is 55.4 Å². The molecule has 5 aliphatic carbocycles. The molecule has 1 aromatic heterocycles. The van der Waals surface area contributed by atoms with Gasteiger partial charge in [-0.3, -0.25) is 0 Å². The molecule has 0 saturated carbocycles. The van der Waals surface area contributed by atoms with E-state index in [1.807, 2.05) is 0 Å². The van der Waals surface area contributed by atoms with Crippen LogP contribution in [0.4, 0.5) is 0 Å². The number of fused-ring (bicyclic) bond motifs is 24. The second-order valence-electron chi connectivity index (χ2n) is 38.7. The maximum atomic E-state index is 10.2. The molecule has 0 radical (unpaired) electrons. The second-order valence-corrected chi connectivity index (χ2v) is 38.7. The highest BCUT2D eigenvalue weighted by molar-refractivity contribution is 6.28. The van der Waals surface area contributed by atoms with Gasteiger partial charge < -0.3 is 4.42 Å². The summed E-state index contributed by atoms with van der Waals surface area (Å²) < 4.78 is 661. The SMILES string of the molecule is [2H]c1c(-c2c([2H])c([2H])c([2H])c(-c3c4c([2H])c([2H])c([2H])c([2H])c4c(-c4c([2H])c([2H])c([2H])c5c4-c4c([2H])c([2H])c([2H])c(C)c4C5)c4c([2H])c([2H])c([2H])c([2H])c34)c2[2H])cc2c(c1[2H])-c1c([2H])c(C)c([2H])c([2H])c1C2(C)C.[2H]c1c([2H])c(-c2c([2H])c([2H])c([2H])c3c2-c2c([2H])c(C)c([2H])c([2H])c2C3(C)C)c([2H])c(-c2c3c([2H])c([2H])c([2H])c([2H])c3c(-c3c([2H])c([2H])c([2H])c4oc5c(C)c(C)c([2H])c([2H])c5c34)c3c([2H])c([2H])c([2H])c([2H])c23)c1[2H].[2H]c1c([2H])c(-c2c([2H])c([2H])c3c(c2[2H])-c2c([2H])c([2H])c([2H])c([2H])c2C3(C)C)c([2H])c(-c2c3c([2H])c([2H])c([2H])c([2H])c3c(-c3c([2H])c([2H])c([2H])c4c3-c3c([2H])c([2H])c([2H])c(C)c3C4)c3c([2H])c([2H])c([2H])c([2H])c23)c1[2H]. The predicted octanol–water partition coefficient (Wildman–Crippen LogP) is 40.8. The van der Waals surface area contributed by atoms with Gasteiger partial charge in [-0.15, -0.1) is 0 Å². The van der Waals surface area contributed by atoms with E-state index in [4.69, 9.17) is 52.4 Å². The van der Waals surface area contributed by atoms with E-state index in [-0.39, 0.29) is 228 Å². The van der Waals surface area contributed by atoms with Gasteiger partial charge in [0.05, 0.1) is 97.3 Å². The standard InChI is InChI=1S/C50H38O.C50H38.C49H36/c1-29-23-26-42-41(27-29)47-34(19-11-21-43(47)50(42,4)5)32-13-10-14-33(28-32)45-35-15-6-8-17-37(35)46(38-18-9-7-16-36(38)45)39-20-12-22-44-48(39)40-25-24-30(2)31(3)49(40)51-44;1-30-22-25-45-44(26-30)36-24-23-33(29-46(36)50(45,3)4)32-13-10-14-34(27-32)47-37-16-5-7-18-39(37)49(40-19-8-6-17-38(40)47)42-21-11-15-35-28-43-31(2)12-9-20-41(43)48(35)42;1-30-13-10-22-40-42(30)29-34-16-12-23-41(47(34)40)48-38-20-6-4-18-36(38)46(37-19-5-7-21-39(37)48)33-15-11-14-31(27-33)32-25-26-45-43(28-32)35-17-8-9-24-44(35)49(45,2)3/h6-28H,1-5H3;5-27,29H,28H2,1-4H3;4-28H,29H2,1-3H3/i6D,7D,8D,9D,10D,11D,12D,13D,14D,15D,16D,17D,18D,19D,20D,21D,22D,23D,24D,25D,26D,27D,28D;5D,6D,7D,8D,9D,10D,11D,12D,13D,14D,15D,16D,17D,18D,19D,20D,21D,22D,23D,24D,25D,26D,27D;4D,5D,6D,7D,8D,9D,10D,11D,12D,13D,14D,15D,16D,17D,18D,19D,20D,21D,22D,23D,24D,25D,26D,27D,28D. The van der Waals surface area contributed by atoms with Crippen molar-refractivity contribution >= 4 is 86.6 Å². The summed E-state index contributed by atoms with van der Waals surface area (Å²) >= 11 is 0. The first-order valence-electron chi connectivity index (χ1n) is 83.1. The van der Waals surface area contributed by atoms with Crippen molar-refractivity contribution in [2.45, 2.75) is 112 Å². The number of benzene rings is 24. The molecule has 25 aromatic rings. The van der Waals surface area contributed by atoms with Crippen molar-refractivity contribution in [1.82, 2.24) is 0 Å². The molecule has 0 amide bonds. The summed E-state index contributed by atoms with van der Waals surface area (Å²) in [5, 5.41) is -7.59. The van der Waals surface area contributed by atoms with Gasteiger partial charge in [-0.2, -0.15) is 0 Å². The first kappa shape index (κ1) is 43.2. The van der Waals surface area contributed by atoms with E-state index in [1.165, 1.54) is 33.8 Å². The summed E-state index contributed by atoms with van der Waals surface area (Å²) in [6.07, 6.45) is -0.362. The Morgan fingerprint density at radius 1 is 0.200 bits per heavy atom. The summed E-state index contributed by atoms with van der Waals surface area (Å²) in [5.74, 6) is 0. The Morgan fingerprint density at radius 2 is 0.540 bits per heavy atom. The van der Waals surface area contributed by atoms with E-state index < -0.39 is 545 Å². The van der Waals surface area contributed by atoms with E-state index in [2.05, 4.69) is 0 Å². The molecular weight excluding hydrogens is 1810 g/mol. The Labute approximate surface area is 978 Å². The maximum Gasteiger partial charge on any atom is 0.138 e. The van der Waals surface area contributed by atoms with Crippen molar-refractivity contribution in [3.8, 4) is 156 Å². The molecule has 0 N–H and O–H groups in total. The number of rotatable bonds is 9.